The van der Waals surface area contributed by atoms with Crippen molar-refractivity contribution in [3.8, 4) is 0 Å². The lowest BCUT2D eigenvalue weighted by Gasteiger charge is -2.17. The van der Waals surface area contributed by atoms with E-state index in [2.05, 4.69) is 20.8 Å². The number of rotatable bonds is 0. The monoisotopic (exact) mass is 480 g/mol. The highest BCUT2D eigenvalue weighted by Crippen LogP contribution is 2.11. The molecule has 3 unspecified atom stereocenters. The van der Waals surface area contributed by atoms with Gasteiger partial charge in [-0.1, -0.05) is 62.3 Å². The maximum atomic E-state index is 5.28. The third-order valence-corrected chi connectivity index (χ3v) is 4.51. The van der Waals surface area contributed by atoms with Gasteiger partial charge in [-0.3, -0.25) is 0 Å². The van der Waals surface area contributed by atoms with Crippen molar-refractivity contribution >= 4 is 0 Å². The lowest BCUT2D eigenvalue weighted by Crippen LogP contribution is -2.14. The molecule has 0 N–H and O–H groups in total. The molecule has 0 saturated carbocycles. The minimum Gasteiger partial charge on any atom is -0.381 e. The second-order valence-electron chi connectivity index (χ2n) is 7.28. The molecule has 0 amide bonds. The highest BCUT2D eigenvalue weighted by atomic mass is 16.7. The maximum absolute atomic E-state index is 5.28. The fourth-order valence-electron chi connectivity index (χ4n) is 2.77. The van der Waals surface area contributed by atoms with E-state index >= 15 is 0 Å². The van der Waals surface area contributed by atoms with Gasteiger partial charge in [0.25, 0.3) is 0 Å². The predicted molar refractivity (Wildman–Crippen MR) is 145 cm³/mol. The molecule has 5 heteroatoms. The van der Waals surface area contributed by atoms with Crippen LogP contribution in [0.3, 0.4) is 0 Å². The van der Waals surface area contributed by atoms with Crippen LogP contribution in [-0.2, 0) is 23.7 Å². The molecule has 4 aliphatic heterocycles. The molecule has 0 bridgehead atoms. The van der Waals surface area contributed by atoms with Crippen LogP contribution < -0.4 is 0 Å². The average Bonchev–Trinajstić information content (AvgIpc) is 3.67. The predicted octanol–water partition coefficient (Wildman–Crippen LogP) is 8.29. The largest absolute Gasteiger partial charge is 0.381 e. The van der Waals surface area contributed by atoms with E-state index in [1.54, 1.807) is 0 Å². The van der Waals surface area contributed by atoms with Crippen LogP contribution in [0.2, 0.25) is 0 Å². The van der Waals surface area contributed by atoms with Crippen molar-refractivity contribution in [3.63, 3.8) is 0 Å². The van der Waals surface area contributed by atoms with Crippen molar-refractivity contribution in [2.24, 2.45) is 5.92 Å². The van der Waals surface area contributed by atoms with Crippen LogP contribution >= 0.6 is 0 Å². The number of ether oxygens (including phenoxy) is 5. The van der Waals surface area contributed by atoms with Crippen LogP contribution in [0.1, 0.15) is 122 Å². The van der Waals surface area contributed by atoms with Gasteiger partial charge in [-0.15, -0.1) is 0 Å². The second-order valence-corrected chi connectivity index (χ2v) is 7.28. The summed E-state index contributed by atoms with van der Waals surface area (Å²) in [7, 11) is 0. The quantitative estimate of drug-likeness (QED) is 0.349. The van der Waals surface area contributed by atoms with Gasteiger partial charge in [0.1, 0.15) is 0 Å². The minimum absolute atomic E-state index is 0.0463. The summed E-state index contributed by atoms with van der Waals surface area (Å²) in [6, 6.07) is 0. The SMILES string of the molecule is CC.CC.CC.CC.CC1CCCCO1.CC1CCCO1.CC1CCOC1.CC1OCCO1. The molecule has 5 nitrogen and oxygen atoms in total. The van der Waals surface area contributed by atoms with Crippen molar-refractivity contribution in [1.82, 2.24) is 0 Å². The standard InChI is InChI=1S/C6H12O.2C5H10O.C4H8O2.4C2H6/c1-6-4-2-3-5-7-6;1-5-2-3-6-4-5;1-5-3-2-4-6-5;1-4-5-2-3-6-4;4*1-2/h6H,2-5H2,1H3;2*5H,2-4H2,1H3;4H,2-3H2,1H3;4*1-2H3. The summed E-state index contributed by atoms with van der Waals surface area (Å²) in [5.41, 5.74) is 0. The minimum atomic E-state index is 0.0463. The van der Waals surface area contributed by atoms with E-state index < -0.39 is 0 Å². The van der Waals surface area contributed by atoms with E-state index in [0.29, 0.717) is 12.2 Å². The van der Waals surface area contributed by atoms with Gasteiger partial charge in [0.05, 0.1) is 25.4 Å². The normalized spacial score (nSPS) is 24.9. The third kappa shape index (κ3) is 34.0. The third-order valence-electron chi connectivity index (χ3n) is 4.51. The van der Waals surface area contributed by atoms with Gasteiger partial charge in [-0.05, 0) is 65.2 Å². The van der Waals surface area contributed by atoms with Crippen LogP contribution in [0.25, 0.3) is 0 Å². The molecule has 4 aliphatic rings. The van der Waals surface area contributed by atoms with Crippen molar-refractivity contribution in [2.75, 3.05) is 39.6 Å². The molecule has 0 radical (unpaired) electrons. The van der Waals surface area contributed by atoms with Gasteiger partial charge in [-0.25, -0.2) is 0 Å². The first kappa shape index (κ1) is 40.0. The Balaban J connectivity index is -0.000000154. The van der Waals surface area contributed by atoms with E-state index in [-0.39, 0.29) is 6.29 Å². The molecular formula is C28H64O5. The molecule has 0 aliphatic carbocycles. The fraction of sp³-hybridized carbons (Fsp3) is 1.00. The Labute approximate surface area is 209 Å². The molecule has 33 heavy (non-hydrogen) atoms. The van der Waals surface area contributed by atoms with Gasteiger partial charge in [0, 0.05) is 26.4 Å². The van der Waals surface area contributed by atoms with Crippen LogP contribution in [0.15, 0.2) is 0 Å². The summed E-state index contributed by atoms with van der Waals surface area (Å²) in [5.74, 6) is 0.824. The van der Waals surface area contributed by atoms with Crippen molar-refractivity contribution in [1.29, 1.82) is 0 Å². The maximum Gasteiger partial charge on any atom is 0.155 e. The zero-order valence-corrected chi connectivity index (χ0v) is 24.8. The Kier molecular flexibility index (Phi) is 44.1. The first-order valence-electron chi connectivity index (χ1n) is 14.1. The molecule has 3 atom stereocenters. The summed E-state index contributed by atoms with van der Waals surface area (Å²) in [4.78, 5) is 0. The van der Waals surface area contributed by atoms with Gasteiger partial charge >= 0.3 is 0 Å². The summed E-state index contributed by atoms with van der Waals surface area (Å²) in [6.07, 6.45) is 8.82. The summed E-state index contributed by atoms with van der Waals surface area (Å²) >= 11 is 0. The Morgan fingerprint density at radius 2 is 0.909 bits per heavy atom. The summed E-state index contributed by atoms with van der Waals surface area (Å²) < 4.78 is 25.3. The lowest BCUT2D eigenvalue weighted by molar-refractivity contribution is -0.0254. The highest BCUT2D eigenvalue weighted by molar-refractivity contribution is 4.57. The Bertz CT molecular complexity index is 245. The van der Waals surface area contributed by atoms with Gasteiger partial charge < -0.3 is 23.7 Å². The highest BCUT2D eigenvalue weighted by Gasteiger charge is 2.08. The van der Waals surface area contributed by atoms with E-state index in [1.807, 2.05) is 62.3 Å². The van der Waals surface area contributed by atoms with Gasteiger partial charge in [0.2, 0.25) is 0 Å². The Morgan fingerprint density at radius 3 is 1.06 bits per heavy atom. The smallest absolute Gasteiger partial charge is 0.155 e. The van der Waals surface area contributed by atoms with Crippen LogP contribution in [0.4, 0.5) is 0 Å². The molecule has 0 spiro atoms. The molecule has 0 aromatic heterocycles. The van der Waals surface area contributed by atoms with Gasteiger partial charge in [0.15, 0.2) is 6.29 Å². The topological polar surface area (TPSA) is 46.2 Å². The van der Waals surface area contributed by atoms with Crippen LogP contribution in [0.5, 0.6) is 0 Å². The van der Waals surface area contributed by atoms with E-state index in [0.717, 1.165) is 45.6 Å². The van der Waals surface area contributed by atoms with E-state index in [4.69, 9.17) is 23.7 Å². The number of hydrogen-bond acceptors (Lipinski definition) is 5. The molecule has 4 saturated heterocycles. The summed E-state index contributed by atoms with van der Waals surface area (Å²) in [5, 5.41) is 0. The second kappa shape index (κ2) is 36.4. The van der Waals surface area contributed by atoms with Gasteiger partial charge in [-0.2, -0.15) is 0 Å². The summed E-state index contributed by atoms with van der Waals surface area (Å²) in [6.45, 7) is 29.8. The fourth-order valence-corrected chi connectivity index (χ4v) is 2.77. The molecule has 4 heterocycles. The number of hydrogen-bond donors (Lipinski definition) is 0. The zero-order valence-electron chi connectivity index (χ0n) is 24.8. The van der Waals surface area contributed by atoms with E-state index in [1.165, 1.54) is 38.5 Å². The first-order chi connectivity index (χ1) is 16.1. The molecule has 0 aromatic carbocycles. The molecule has 4 fully saturated rings. The molecular weight excluding hydrogens is 416 g/mol. The lowest BCUT2D eigenvalue weighted by atomic mass is 10.1. The molecule has 206 valence electrons. The van der Waals surface area contributed by atoms with Crippen molar-refractivity contribution in [2.45, 2.75) is 140 Å². The molecule has 0 aromatic rings. The van der Waals surface area contributed by atoms with Crippen LogP contribution in [0, 0.1) is 5.92 Å². The Morgan fingerprint density at radius 1 is 0.455 bits per heavy atom. The van der Waals surface area contributed by atoms with Crippen molar-refractivity contribution < 1.29 is 23.7 Å². The Hall–Kier alpha value is -0.200. The average molecular weight is 481 g/mol. The van der Waals surface area contributed by atoms with Crippen LogP contribution in [-0.4, -0.2) is 58.1 Å². The zero-order chi connectivity index (χ0) is 26.3. The van der Waals surface area contributed by atoms with Crippen molar-refractivity contribution in [3.05, 3.63) is 0 Å². The van der Waals surface area contributed by atoms with E-state index in [9.17, 15) is 0 Å². The molecule has 4 rings (SSSR count). The first-order valence-corrected chi connectivity index (χ1v) is 14.1.